The van der Waals surface area contributed by atoms with Crippen LogP contribution in [0.4, 0.5) is 0 Å². The highest BCUT2D eigenvalue weighted by Gasteiger charge is 2.24. The van der Waals surface area contributed by atoms with E-state index in [0.717, 1.165) is 0 Å². The van der Waals surface area contributed by atoms with Gasteiger partial charge in [0.1, 0.15) is 0 Å². The Hall–Kier alpha value is -1.43. The maximum absolute atomic E-state index is 11.3. The Kier molecular flexibility index (Phi) is 3.58. The maximum Gasteiger partial charge on any atom is 0.327 e. The molecule has 1 rings (SSSR count). The first-order valence-corrected chi connectivity index (χ1v) is 4.72. The van der Waals surface area contributed by atoms with Gasteiger partial charge in [-0.15, -0.1) is 0 Å². The molecule has 0 amide bonds. The molecular weight excluding hydrogens is 206 g/mol. The lowest BCUT2D eigenvalue weighted by Gasteiger charge is -2.06. The molecule has 0 aliphatic carbocycles. The average molecular weight is 215 g/mol. The van der Waals surface area contributed by atoms with Gasteiger partial charge in [-0.1, -0.05) is 11.3 Å². The van der Waals surface area contributed by atoms with Gasteiger partial charge in [0, 0.05) is 11.6 Å². The molecule has 0 saturated carbocycles. The Morgan fingerprint density at radius 3 is 2.71 bits per heavy atom. The summed E-state index contributed by atoms with van der Waals surface area (Å²) in [5, 5.41) is 1.90. The summed E-state index contributed by atoms with van der Waals surface area (Å²) in [6.45, 7) is 1.42. The molecule has 0 aromatic carbocycles. The van der Waals surface area contributed by atoms with Gasteiger partial charge in [0.15, 0.2) is 5.92 Å². The lowest BCUT2D eigenvalue weighted by molar-refractivity contribution is -0.154. The van der Waals surface area contributed by atoms with Gasteiger partial charge in [-0.2, -0.15) is 0 Å². The van der Waals surface area contributed by atoms with E-state index in [9.17, 15) is 9.59 Å². The second-order valence-corrected chi connectivity index (χ2v) is 3.32. The van der Waals surface area contributed by atoms with Gasteiger partial charge in [-0.3, -0.25) is 9.59 Å². The highest BCUT2D eigenvalue weighted by atomic mass is 32.1. The molecule has 0 bridgehead atoms. The van der Waals surface area contributed by atoms with E-state index in [1.807, 2.05) is 0 Å². The van der Waals surface area contributed by atoms with Gasteiger partial charge in [0.2, 0.25) is 0 Å². The molecule has 1 heterocycles. The number of aromatic nitrogens is 1. The van der Waals surface area contributed by atoms with Crippen LogP contribution in [0.5, 0.6) is 5.19 Å². The minimum absolute atomic E-state index is 0.228. The van der Waals surface area contributed by atoms with Crippen molar-refractivity contribution in [3.05, 3.63) is 11.6 Å². The molecule has 14 heavy (non-hydrogen) atoms. The molecule has 1 aromatic heterocycles. The van der Waals surface area contributed by atoms with Crippen LogP contribution in [0, 0.1) is 5.92 Å². The topological polar surface area (TPSA) is 65.5 Å². The van der Waals surface area contributed by atoms with Crippen LogP contribution in [0.15, 0.2) is 11.6 Å². The van der Waals surface area contributed by atoms with Crippen LogP contribution in [0.1, 0.15) is 6.92 Å². The van der Waals surface area contributed by atoms with Gasteiger partial charge < -0.3 is 9.47 Å². The third-order valence-corrected chi connectivity index (χ3v) is 2.15. The van der Waals surface area contributed by atoms with Crippen molar-refractivity contribution < 1.29 is 19.1 Å². The largest absolute Gasteiger partial charge is 0.468 e. The normalized spacial score (nSPS) is 11.9. The molecule has 0 aliphatic heterocycles. The fourth-order valence-corrected chi connectivity index (χ4v) is 1.20. The predicted molar refractivity (Wildman–Crippen MR) is 48.9 cm³/mol. The zero-order valence-corrected chi connectivity index (χ0v) is 8.54. The van der Waals surface area contributed by atoms with Crippen LogP contribution < -0.4 is 4.74 Å². The number of hydrogen-bond acceptors (Lipinski definition) is 6. The summed E-state index contributed by atoms with van der Waals surface area (Å²) in [6.07, 6.45) is 1.51. The first-order chi connectivity index (χ1) is 6.65. The highest BCUT2D eigenvalue weighted by Crippen LogP contribution is 2.15. The first kappa shape index (κ1) is 10.6. The highest BCUT2D eigenvalue weighted by molar-refractivity contribution is 7.11. The number of carbonyl (C=O) groups is 2. The lowest BCUT2D eigenvalue weighted by atomic mass is 10.2. The van der Waals surface area contributed by atoms with E-state index >= 15 is 0 Å². The molecular formula is C8H9NO4S. The van der Waals surface area contributed by atoms with E-state index in [1.54, 1.807) is 5.38 Å². The number of thiazole rings is 1. The number of esters is 2. The van der Waals surface area contributed by atoms with Crippen molar-refractivity contribution in [3.63, 3.8) is 0 Å². The Bertz CT molecular complexity index is 322. The predicted octanol–water partition coefficient (Wildman–Crippen LogP) is 0.858. The molecule has 0 fully saturated rings. The van der Waals surface area contributed by atoms with Gasteiger partial charge in [-0.05, 0) is 6.92 Å². The molecule has 0 saturated heterocycles. The van der Waals surface area contributed by atoms with Crippen molar-refractivity contribution in [1.29, 1.82) is 0 Å². The van der Waals surface area contributed by atoms with Crippen LogP contribution in [0.3, 0.4) is 0 Å². The number of nitrogens with zero attached hydrogens (tertiary/aromatic N) is 1. The molecule has 1 atom stereocenters. The Balaban J connectivity index is 2.54. The third-order valence-electron chi connectivity index (χ3n) is 1.51. The summed E-state index contributed by atoms with van der Waals surface area (Å²) in [4.78, 5) is 25.9. The molecule has 0 aliphatic rings. The zero-order chi connectivity index (χ0) is 10.6. The van der Waals surface area contributed by atoms with Crippen LogP contribution in [-0.2, 0) is 14.3 Å². The van der Waals surface area contributed by atoms with Crippen molar-refractivity contribution >= 4 is 23.3 Å². The van der Waals surface area contributed by atoms with E-state index in [1.165, 1.54) is 31.6 Å². The first-order valence-electron chi connectivity index (χ1n) is 3.84. The molecule has 0 spiro atoms. The number of methoxy groups -OCH3 is 1. The SMILES string of the molecule is COC(=O)C(C)C(=O)Oc1nccs1. The molecule has 1 aromatic rings. The third kappa shape index (κ3) is 2.53. The molecule has 0 radical (unpaired) electrons. The van der Waals surface area contributed by atoms with Gasteiger partial charge in [-0.25, -0.2) is 4.98 Å². The molecule has 5 nitrogen and oxygen atoms in total. The van der Waals surface area contributed by atoms with Crippen molar-refractivity contribution in [2.75, 3.05) is 7.11 Å². The van der Waals surface area contributed by atoms with Gasteiger partial charge in [0.05, 0.1) is 7.11 Å². The van der Waals surface area contributed by atoms with Crippen molar-refractivity contribution in [2.45, 2.75) is 6.92 Å². The number of carbonyl (C=O) groups excluding carboxylic acids is 2. The van der Waals surface area contributed by atoms with Crippen molar-refractivity contribution in [2.24, 2.45) is 5.92 Å². The van der Waals surface area contributed by atoms with E-state index in [2.05, 4.69) is 9.72 Å². The molecule has 76 valence electrons. The number of hydrogen-bond donors (Lipinski definition) is 0. The molecule has 6 heteroatoms. The fraction of sp³-hybridized carbons (Fsp3) is 0.375. The van der Waals surface area contributed by atoms with E-state index in [0.29, 0.717) is 0 Å². The van der Waals surface area contributed by atoms with E-state index < -0.39 is 17.9 Å². The summed E-state index contributed by atoms with van der Waals surface area (Å²) in [6, 6.07) is 0. The Morgan fingerprint density at radius 1 is 1.50 bits per heavy atom. The summed E-state index contributed by atoms with van der Waals surface area (Å²) < 4.78 is 9.20. The van der Waals surface area contributed by atoms with Crippen LogP contribution in [0.2, 0.25) is 0 Å². The monoisotopic (exact) mass is 215 g/mol. The Morgan fingerprint density at radius 2 is 2.21 bits per heavy atom. The Labute approximate surface area is 84.7 Å². The summed E-state index contributed by atoms with van der Waals surface area (Å²) >= 11 is 1.18. The minimum Gasteiger partial charge on any atom is -0.468 e. The van der Waals surface area contributed by atoms with E-state index in [4.69, 9.17) is 4.74 Å². The molecule has 1 unspecified atom stereocenters. The van der Waals surface area contributed by atoms with Crippen LogP contribution in [-0.4, -0.2) is 24.0 Å². The van der Waals surface area contributed by atoms with Crippen LogP contribution >= 0.6 is 11.3 Å². The zero-order valence-electron chi connectivity index (χ0n) is 7.72. The maximum atomic E-state index is 11.3. The lowest BCUT2D eigenvalue weighted by Crippen LogP contribution is -2.26. The van der Waals surface area contributed by atoms with Crippen molar-refractivity contribution in [1.82, 2.24) is 4.98 Å². The van der Waals surface area contributed by atoms with Crippen molar-refractivity contribution in [3.8, 4) is 5.19 Å². The second kappa shape index (κ2) is 4.71. The van der Waals surface area contributed by atoms with Crippen LogP contribution in [0.25, 0.3) is 0 Å². The quantitative estimate of drug-likeness (QED) is 0.552. The number of rotatable bonds is 3. The summed E-state index contributed by atoms with van der Waals surface area (Å²) in [5.41, 5.74) is 0. The number of ether oxygens (including phenoxy) is 2. The summed E-state index contributed by atoms with van der Waals surface area (Å²) in [5.74, 6) is -2.21. The van der Waals surface area contributed by atoms with E-state index in [-0.39, 0.29) is 5.19 Å². The average Bonchev–Trinajstić information content (AvgIpc) is 2.68. The minimum atomic E-state index is -0.927. The summed E-state index contributed by atoms with van der Waals surface area (Å²) in [7, 11) is 1.22. The second-order valence-electron chi connectivity index (χ2n) is 2.46. The smallest absolute Gasteiger partial charge is 0.327 e. The van der Waals surface area contributed by atoms with Gasteiger partial charge >= 0.3 is 11.9 Å². The fourth-order valence-electron chi connectivity index (χ4n) is 0.708. The molecule has 0 N–H and O–H groups in total. The van der Waals surface area contributed by atoms with Gasteiger partial charge in [0.25, 0.3) is 5.19 Å². The standard InChI is InChI=1S/C8H9NO4S/c1-5(6(10)12-2)7(11)13-8-9-3-4-14-8/h3-5H,1-2H3.